The molecule has 0 bridgehead atoms. The van der Waals surface area contributed by atoms with E-state index >= 15 is 0 Å². The molecule has 1 amide bonds. The number of hydrogen-bond donors (Lipinski definition) is 2. The highest BCUT2D eigenvalue weighted by atomic mass is 19.1. The zero-order valence-corrected chi connectivity index (χ0v) is 10.9. The number of amides is 1. The highest BCUT2D eigenvalue weighted by Gasteiger charge is 2.14. The van der Waals surface area contributed by atoms with E-state index in [4.69, 9.17) is 5.73 Å². The summed E-state index contributed by atoms with van der Waals surface area (Å²) in [7, 11) is 0. The van der Waals surface area contributed by atoms with Gasteiger partial charge in [-0.3, -0.25) is 4.79 Å². The molecule has 0 spiro atoms. The van der Waals surface area contributed by atoms with E-state index in [1.54, 1.807) is 12.1 Å². The first kappa shape index (κ1) is 14.6. The predicted molar refractivity (Wildman–Crippen MR) is 71.6 cm³/mol. The Morgan fingerprint density at radius 1 is 1.33 bits per heavy atom. The highest BCUT2D eigenvalue weighted by Crippen LogP contribution is 2.16. The molecule has 1 aromatic rings. The van der Waals surface area contributed by atoms with Crippen LogP contribution in [0.15, 0.2) is 24.3 Å². The van der Waals surface area contributed by atoms with Gasteiger partial charge in [-0.1, -0.05) is 13.8 Å². The van der Waals surface area contributed by atoms with Gasteiger partial charge in [-0.05, 0) is 49.1 Å². The van der Waals surface area contributed by atoms with Gasteiger partial charge in [-0.15, -0.1) is 0 Å². The molecule has 100 valence electrons. The first-order chi connectivity index (χ1) is 8.51. The zero-order valence-electron chi connectivity index (χ0n) is 10.9. The van der Waals surface area contributed by atoms with E-state index in [-0.39, 0.29) is 17.6 Å². The Kier molecular flexibility index (Phi) is 5.78. The molecule has 4 heteroatoms. The van der Waals surface area contributed by atoms with Gasteiger partial charge in [-0.2, -0.15) is 0 Å². The van der Waals surface area contributed by atoms with Crippen molar-refractivity contribution in [2.45, 2.75) is 26.7 Å². The van der Waals surface area contributed by atoms with Gasteiger partial charge >= 0.3 is 0 Å². The lowest BCUT2D eigenvalue weighted by Crippen LogP contribution is -2.23. The van der Waals surface area contributed by atoms with Crippen molar-refractivity contribution >= 4 is 11.6 Å². The van der Waals surface area contributed by atoms with Crippen LogP contribution in [0.4, 0.5) is 10.1 Å². The number of carbonyl (C=O) groups excluding carboxylic acids is 1. The van der Waals surface area contributed by atoms with Crippen molar-refractivity contribution < 1.29 is 9.18 Å². The molecule has 0 aromatic heterocycles. The lowest BCUT2D eigenvalue weighted by atomic mass is 9.94. The van der Waals surface area contributed by atoms with Crippen LogP contribution in [-0.2, 0) is 4.79 Å². The second-order valence-electron chi connectivity index (χ2n) is 4.99. The van der Waals surface area contributed by atoms with Crippen molar-refractivity contribution in [1.29, 1.82) is 0 Å². The predicted octanol–water partition coefficient (Wildman–Crippen LogP) is 2.78. The fourth-order valence-corrected chi connectivity index (χ4v) is 1.94. The van der Waals surface area contributed by atoms with Crippen molar-refractivity contribution in [2.24, 2.45) is 17.6 Å². The van der Waals surface area contributed by atoms with Crippen molar-refractivity contribution in [2.75, 3.05) is 11.9 Å². The van der Waals surface area contributed by atoms with Gasteiger partial charge in [0, 0.05) is 12.1 Å². The van der Waals surface area contributed by atoms with E-state index in [0.29, 0.717) is 24.6 Å². The summed E-state index contributed by atoms with van der Waals surface area (Å²) in [4.78, 5) is 11.8. The summed E-state index contributed by atoms with van der Waals surface area (Å²) in [6.07, 6.45) is 1.35. The van der Waals surface area contributed by atoms with Crippen LogP contribution in [0.1, 0.15) is 26.7 Å². The smallest absolute Gasteiger partial charge is 0.224 e. The molecule has 1 aromatic carbocycles. The number of benzene rings is 1. The lowest BCUT2D eigenvalue weighted by Gasteiger charge is -2.16. The highest BCUT2D eigenvalue weighted by molar-refractivity contribution is 5.90. The maximum Gasteiger partial charge on any atom is 0.224 e. The second kappa shape index (κ2) is 7.11. The molecule has 0 aliphatic rings. The average molecular weight is 252 g/mol. The Hall–Kier alpha value is -1.42. The molecule has 0 heterocycles. The normalized spacial score (nSPS) is 12.5. The number of halogens is 1. The Labute approximate surface area is 108 Å². The second-order valence-corrected chi connectivity index (χ2v) is 4.99. The Bertz CT molecular complexity index is 376. The zero-order chi connectivity index (χ0) is 13.5. The molecule has 3 N–H and O–H groups in total. The van der Waals surface area contributed by atoms with Crippen LogP contribution >= 0.6 is 0 Å². The van der Waals surface area contributed by atoms with Crippen LogP contribution in [0.5, 0.6) is 0 Å². The SMILES string of the molecule is CC(C)CC(CN)CC(=O)Nc1ccc(F)cc1. The van der Waals surface area contributed by atoms with Gasteiger partial charge in [0.05, 0.1) is 0 Å². The third-order valence-electron chi connectivity index (χ3n) is 2.74. The van der Waals surface area contributed by atoms with Crippen molar-refractivity contribution in [3.8, 4) is 0 Å². The van der Waals surface area contributed by atoms with Gasteiger partial charge in [0.1, 0.15) is 5.82 Å². The Morgan fingerprint density at radius 2 is 1.94 bits per heavy atom. The molecule has 0 fully saturated rings. The minimum Gasteiger partial charge on any atom is -0.330 e. The van der Waals surface area contributed by atoms with Crippen LogP contribution in [0.25, 0.3) is 0 Å². The van der Waals surface area contributed by atoms with Gasteiger partial charge in [0.2, 0.25) is 5.91 Å². The van der Waals surface area contributed by atoms with Crippen molar-refractivity contribution in [1.82, 2.24) is 0 Å². The summed E-state index contributed by atoms with van der Waals surface area (Å²) in [5, 5.41) is 2.75. The summed E-state index contributed by atoms with van der Waals surface area (Å²) in [5.74, 6) is 0.341. The molecule has 18 heavy (non-hydrogen) atoms. The molecule has 0 saturated carbocycles. The molecule has 0 saturated heterocycles. The molecular weight excluding hydrogens is 231 g/mol. The standard InChI is InChI=1S/C14H21FN2O/c1-10(2)7-11(9-16)8-14(18)17-13-5-3-12(15)4-6-13/h3-6,10-11H,7-9,16H2,1-2H3,(H,17,18). The quantitative estimate of drug-likeness (QED) is 0.818. The third-order valence-corrected chi connectivity index (χ3v) is 2.74. The van der Waals surface area contributed by atoms with Gasteiger partial charge in [0.15, 0.2) is 0 Å². The lowest BCUT2D eigenvalue weighted by molar-refractivity contribution is -0.117. The topological polar surface area (TPSA) is 55.1 Å². The van der Waals surface area contributed by atoms with E-state index in [2.05, 4.69) is 19.2 Å². The van der Waals surface area contributed by atoms with Crippen molar-refractivity contribution in [3.63, 3.8) is 0 Å². The first-order valence-electron chi connectivity index (χ1n) is 6.26. The summed E-state index contributed by atoms with van der Waals surface area (Å²) in [5.41, 5.74) is 6.27. The van der Waals surface area contributed by atoms with Crippen LogP contribution in [0.3, 0.4) is 0 Å². The molecule has 3 nitrogen and oxygen atoms in total. The number of rotatable bonds is 6. The van der Waals surface area contributed by atoms with E-state index in [0.717, 1.165) is 6.42 Å². The van der Waals surface area contributed by atoms with E-state index in [1.807, 2.05) is 0 Å². The van der Waals surface area contributed by atoms with E-state index in [1.165, 1.54) is 12.1 Å². The van der Waals surface area contributed by atoms with Crippen LogP contribution in [0.2, 0.25) is 0 Å². The Morgan fingerprint density at radius 3 is 2.44 bits per heavy atom. The Balaban J connectivity index is 2.47. The monoisotopic (exact) mass is 252 g/mol. The summed E-state index contributed by atoms with van der Waals surface area (Å²) < 4.78 is 12.7. The maximum atomic E-state index is 12.7. The largest absolute Gasteiger partial charge is 0.330 e. The molecule has 1 rings (SSSR count). The van der Waals surface area contributed by atoms with Crippen molar-refractivity contribution in [3.05, 3.63) is 30.1 Å². The van der Waals surface area contributed by atoms with Crippen LogP contribution in [0, 0.1) is 17.7 Å². The molecule has 0 radical (unpaired) electrons. The fraction of sp³-hybridized carbons (Fsp3) is 0.500. The minimum atomic E-state index is -0.312. The van der Waals surface area contributed by atoms with E-state index < -0.39 is 0 Å². The molecular formula is C14H21FN2O. The third kappa shape index (κ3) is 5.27. The molecule has 1 unspecified atom stereocenters. The van der Waals surface area contributed by atoms with E-state index in [9.17, 15) is 9.18 Å². The van der Waals surface area contributed by atoms with Crippen LogP contribution < -0.4 is 11.1 Å². The number of carbonyl (C=O) groups is 1. The fourth-order valence-electron chi connectivity index (χ4n) is 1.94. The maximum absolute atomic E-state index is 12.7. The van der Waals surface area contributed by atoms with Crippen LogP contribution in [-0.4, -0.2) is 12.5 Å². The summed E-state index contributed by atoms with van der Waals surface area (Å²) in [6.45, 7) is 4.73. The average Bonchev–Trinajstić information content (AvgIpc) is 2.30. The number of nitrogens with two attached hydrogens (primary N) is 1. The van der Waals surface area contributed by atoms with Gasteiger partial charge < -0.3 is 11.1 Å². The van der Waals surface area contributed by atoms with Gasteiger partial charge in [-0.25, -0.2) is 4.39 Å². The number of anilines is 1. The van der Waals surface area contributed by atoms with Gasteiger partial charge in [0.25, 0.3) is 0 Å². The number of hydrogen-bond acceptors (Lipinski definition) is 2. The first-order valence-corrected chi connectivity index (χ1v) is 6.26. The minimum absolute atomic E-state index is 0.0716. The molecule has 0 aliphatic carbocycles. The summed E-state index contributed by atoms with van der Waals surface area (Å²) >= 11 is 0. The molecule has 0 aliphatic heterocycles. The molecule has 1 atom stereocenters. The summed E-state index contributed by atoms with van der Waals surface area (Å²) in [6, 6.07) is 5.74. The number of nitrogens with one attached hydrogen (secondary N) is 1.